The van der Waals surface area contributed by atoms with E-state index in [0.717, 1.165) is 47.9 Å². The molecule has 8 saturated carbocycles. The normalized spacial score (nSPS) is 33.2. The Morgan fingerprint density at radius 1 is 0.250 bits per heavy atom. The zero-order chi connectivity index (χ0) is 46.3. The molecule has 0 saturated heterocycles. The number of hydrogen-bond acceptors (Lipinski definition) is 0. The van der Waals surface area contributed by atoms with Crippen LogP contribution >= 0.6 is 0 Å². The van der Waals surface area contributed by atoms with Gasteiger partial charge >= 0.3 is 0 Å². The van der Waals surface area contributed by atoms with E-state index in [1.165, 1.54) is 84.7 Å². The molecule has 334 valence electrons. The van der Waals surface area contributed by atoms with Crippen LogP contribution in [0.25, 0.3) is 0 Å². The zero-order valence-electron chi connectivity index (χ0n) is 40.5. The Morgan fingerprint density at radius 3 is 0.662 bits per heavy atom. The average Bonchev–Trinajstić information content (AvgIpc) is 3.35. The van der Waals surface area contributed by atoms with Crippen LogP contribution in [0.2, 0.25) is 0 Å². The first-order chi connectivity index (χ1) is 33.1. The van der Waals surface area contributed by atoms with E-state index in [-0.39, 0.29) is 43.3 Å². The van der Waals surface area contributed by atoms with E-state index >= 15 is 0 Å². The number of benzene rings is 6. The van der Waals surface area contributed by atoms with Crippen molar-refractivity contribution >= 4 is 0 Å². The summed E-state index contributed by atoms with van der Waals surface area (Å²) in [7, 11) is 0. The van der Waals surface area contributed by atoms with Crippen LogP contribution in [0.1, 0.15) is 160 Å². The lowest BCUT2D eigenvalue weighted by atomic mass is 9.23. The van der Waals surface area contributed by atoms with E-state index in [9.17, 15) is 0 Å². The molecule has 4 atom stereocenters. The Hall–Kier alpha value is -6.44. The SMILES string of the molecule is CC#Cc1cc(C#CC)cc(C23CC4(c5ccccc5)CC(c5ccccc5)(C2)CC(C25CC6(c7ccccc7)CC(c7ccccc7)(CC(c7cc(C#CC)cc(C#CC)c7)(C6)C2)C5)(C4)C3)c1. The zero-order valence-corrected chi connectivity index (χ0v) is 40.5. The van der Waals surface area contributed by atoms with Gasteiger partial charge in [-0.05, 0) is 218 Å². The number of rotatable bonds is 7. The van der Waals surface area contributed by atoms with Gasteiger partial charge in [0.25, 0.3) is 0 Å². The second-order valence-electron chi connectivity index (χ2n) is 22.9. The van der Waals surface area contributed by atoms with Crippen molar-refractivity contribution in [1.29, 1.82) is 0 Å². The lowest BCUT2D eigenvalue weighted by Crippen LogP contribution is -2.75. The Balaban J connectivity index is 1.19. The Bertz CT molecular complexity index is 2810. The van der Waals surface area contributed by atoms with Crippen LogP contribution < -0.4 is 0 Å². The van der Waals surface area contributed by atoms with Gasteiger partial charge in [0.1, 0.15) is 0 Å². The minimum absolute atomic E-state index is 0.00985. The van der Waals surface area contributed by atoms with Crippen LogP contribution in [-0.2, 0) is 32.5 Å². The molecule has 6 aromatic carbocycles. The fourth-order valence-electron chi connectivity index (χ4n) is 18.1. The maximum atomic E-state index is 3.54. The van der Waals surface area contributed by atoms with E-state index < -0.39 is 0 Å². The topological polar surface area (TPSA) is 0 Å². The van der Waals surface area contributed by atoms with Crippen LogP contribution in [0, 0.1) is 58.2 Å². The highest BCUT2D eigenvalue weighted by Gasteiger charge is 2.79. The van der Waals surface area contributed by atoms with Crippen LogP contribution in [0.5, 0.6) is 0 Å². The molecule has 0 aromatic heterocycles. The third-order valence-corrected chi connectivity index (χ3v) is 19.0. The highest BCUT2D eigenvalue weighted by atomic mass is 14.8. The third-order valence-electron chi connectivity index (χ3n) is 19.0. The fraction of sp³-hybridized carbons (Fsp3) is 0.353. The first-order valence-electron chi connectivity index (χ1n) is 25.3. The molecule has 0 aliphatic heterocycles. The van der Waals surface area contributed by atoms with E-state index in [4.69, 9.17) is 0 Å². The van der Waals surface area contributed by atoms with Gasteiger partial charge in [-0.1, -0.05) is 145 Å². The molecule has 8 aliphatic carbocycles. The van der Waals surface area contributed by atoms with Crippen molar-refractivity contribution in [1.82, 2.24) is 0 Å². The van der Waals surface area contributed by atoms with Crippen molar-refractivity contribution in [2.24, 2.45) is 10.8 Å². The van der Waals surface area contributed by atoms with E-state index in [1.807, 2.05) is 27.7 Å². The predicted octanol–water partition coefficient (Wildman–Crippen LogP) is 14.8. The molecular formula is C68H62. The predicted molar refractivity (Wildman–Crippen MR) is 279 cm³/mol. The summed E-state index contributed by atoms with van der Waals surface area (Å²) in [5.74, 6) is 27.3. The van der Waals surface area contributed by atoms with Crippen LogP contribution in [0.3, 0.4) is 0 Å². The summed E-state index contributed by atoms with van der Waals surface area (Å²) in [6.07, 6.45) is 14.2. The molecule has 0 heterocycles. The second-order valence-corrected chi connectivity index (χ2v) is 22.9. The first kappa shape index (κ1) is 42.9. The third kappa shape index (κ3) is 6.41. The van der Waals surface area contributed by atoms with Gasteiger partial charge in [0, 0.05) is 22.3 Å². The van der Waals surface area contributed by atoms with Gasteiger partial charge in [-0.15, -0.1) is 23.7 Å². The summed E-state index contributed by atoms with van der Waals surface area (Å²) in [6, 6.07) is 62.1. The maximum absolute atomic E-state index is 3.54. The van der Waals surface area contributed by atoms with Crippen molar-refractivity contribution in [3.05, 3.63) is 213 Å². The Labute approximate surface area is 406 Å². The van der Waals surface area contributed by atoms with Gasteiger partial charge in [0.05, 0.1) is 0 Å². The van der Waals surface area contributed by atoms with E-state index in [2.05, 4.69) is 205 Å². The van der Waals surface area contributed by atoms with Crippen LogP contribution in [0.4, 0.5) is 0 Å². The van der Waals surface area contributed by atoms with Gasteiger partial charge < -0.3 is 0 Å². The van der Waals surface area contributed by atoms with Crippen molar-refractivity contribution in [3.8, 4) is 47.4 Å². The molecule has 6 aromatic rings. The van der Waals surface area contributed by atoms with Crippen LogP contribution in [-0.4, -0.2) is 0 Å². The second kappa shape index (κ2) is 15.5. The molecule has 8 bridgehead atoms. The lowest BCUT2D eigenvalue weighted by molar-refractivity contribution is -0.237. The molecule has 0 nitrogen and oxygen atoms in total. The first-order valence-corrected chi connectivity index (χ1v) is 25.3. The lowest BCUT2D eigenvalue weighted by Gasteiger charge is -2.81. The van der Waals surface area contributed by atoms with Gasteiger partial charge in [-0.25, -0.2) is 0 Å². The molecule has 68 heavy (non-hydrogen) atoms. The maximum Gasteiger partial charge on any atom is 0.0260 e. The quantitative estimate of drug-likeness (QED) is 0.140. The highest BCUT2D eigenvalue weighted by molar-refractivity contribution is 5.56. The summed E-state index contributed by atoms with van der Waals surface area (Å²) < 4.78 is 0. The fourth-order valence-corrected chi connectivity index (χ4v) is 18.1. The van der Waals surface area contributed by atoms with Crippen LogP contribution in [0.15, 0.2) is 158 Å². The van der Waals surface area contributed by atoms with Crippen molar-refractivity contribution in [2.75, 3.05) is 0 Å². The van der Waals surface area contributed by atoms with Crippen molar-refractivity contribution in [2.45, 2.75) is 137 Å². The summed E-state index contributed by atoms with van der Waals surface area (Å²) in [4.78, 5) is 0. The standard InChI is InChI=1S/C68H62/c1-5-21-51-33-52(22-6-2)36-59(35-51)65-41-61(55-25-13-9-14-26-55)39-62(42-65,56-27-15-10-16-28-56)46-67(45-61,49-65)68-47-63(57-29-17-11-18-30-57)40-64(48-68,58-31-19-12-20-32-58)44-66(43-63,50-68)60-37-53(23-7-3)34-54(38-60)24-8-4/h9-20,25-38H,39-50H2,1-4H3. The number of hydrogen-bond donors (Lipinski definition) is 0. The smallest absolute Gasteiger partial charge is 0.0260 e. The summed E-state index contributed by atoms with van der Waals surface area (Å²) in [6.45, 7) is 7.90. The Kier molecular flexibility index (Phi) is 9.80. The van der Waals surface area contributed by atoms with E-state index in [1.54, 1.807) is 0 Å². The molecule has 0 radical (unpaired) electrons. The van der Waals surface area contributed by atoms with Gasteiger partial charge in [-0.2, -0.15) is 0 Å². The summed E-state index contributed by atoms with van der Waals surface area (Å²) in [5, 5.41) is 0. The monoisotopic (exact) mass is 878 g/mol. The largest absolute Gasteiger partial charge is 0.101 e. The molecule has 0 N–H and O–H groups in total. The van der Waals surface area contributed by atoms with Gasteiger partial charge in [-0.3, -0.25) is 0 Å². The van der Waals surface area contributed by atoms with Gasteiger partial charge in [0.15, 0.2) is 0 Å². The Morgan fingerprint density at radius 2 is 0.456 bits per heavy atom. The summed E-state index contributed by atoms with van der Waals surface area (Å²) >= 11 is 0. The molecule has 8 fully saturated rings. The van der Waals surface area contributed by atoms with Crippen molar-refractivity contribution < 1.29 is 0 Å². The molecule has 4 unspecified atom stereocenters. The van der Waals surface area contributed by atoms with Crippen molar-refractivity contribution in [3.63, 3.8) is 0 Å². The average molecular weight is 879 g/mol. The van der Waals surface area contributed by atoms with Gasteiger partial charge in [0.2, 0.25) is 0 Å². The molecule has 8 aliphatic rings. The summed E-state index contributed by atoms with van der Waals surface area (Å²) in [5.41, 5.74) is 13.2. The molecule has 0 spiro atoms. The molecule has 14 rings (SSSR count). The van der Waals surface area contributed by atoms with E-state index in [0.29, 0.717) is 0 Å². The molecular weight excluding hydrogens is 817 g/mol. The highest BCUT2D eigenvalue weighted by Crippen LogP contribution is 2.85. The molecule has 0 amide bonds. The molecule has 0 heteroatoms. The minimum atomic E-state index is -0.0904. The minimum Gasteiger partial charge on any atom is -0.101 e.